The molecule has 0 bridgehead atoms. The zero-order valence-electron chi connectivity index (χ0n) is 19.5. The molecule has 186 valence electrons. The lowest BCUT2D eigenvalue weighted by Crippen LogP contribution is -2.36. The Morgan fingerprint density at radius 3 is 2.20 bits per heavy atom. The second-order valence-corrected chi connectivity index (χ2v) is 10.1. The molecule has 0 fully saturated rings. The first kappa shape index (κ1) is 26.1. The molecular formula is C25H28N2O7S. The Morgan fingerprint density at radius 1 is 0.914 bits per heavy atom. The van der Waals surface area contributed by atoms with Crippen LogP contribution in [0, 0.1) is 0 Å². The lowest BCUT2D eigenvalue weighted by Gasteiger charge is -2.25. The summed E-state index contributed by atoms with van der Waals surface area (Å²) in [6.07, 6.45) is -1.69. The molecule has 0 spiro atoms. The molecule has 1 unspecified atom stereocenters. The molecule has 2 N–H and O–H groups in total. The summed E-state index contributed by atoms with van der Waals surface area (Å²) in [5.41, 5.74) is 1.59. The van der Waals surface area contributed by atoms with Crippen molar-refractivity contribution in [1.29, 1.82) is 0 Å². The van der Waals surface area contributed by atoms with Gasteiger partial charge in [-0.3, -0.25) is 0 Å². The Labute approximate surface area is 204 Å². The number of carboxylic acids is 2. The Morgan fingerprint density at radius 2 is 1.57 bits per heavy atom. The number of anilines is 1. The van der Waals surface area contributed by atoms with Gasteiger partial charge in [-0.05, 0) is 24.1 Å². The smallest absolute Gasteiger partial charge is 0.332 e. The summed E-state index contributed by atoms with van der Waals surface area (Å²) in [4.78, 5) is 24.4. The molecule has 0 radical (unpaired) electrons. The third kappa shape index (κ3) is 6.36. The molecule has 0 saturated carbocycles. The minimum Gasteiger partial charge on any atom is -0.480 e. The quantitative estimate of drug-likeness (QED) is 0.389. The van der Waals surface area contributed by atoms with Gasteiger partial charge in [0.15, 0.2) is 6.10 Å². The van der Waals surface area contributed by atoms with Gasteiger partial charge in [0.25, 0.3) is 0 Å². The Bertz CT molecular complexity index is 1290. The number of nitrogens with zero attached hydrogens (tertiary/aromatic N) is 2. The number of carbonyl (C=O) groups is 2. The molecule has 3 rings (SSSR count). The highest BCUT2D eigenvalue weighted by atomic mass is 32.2. The van der Waals surface area contributed by atoms with Gasteiger partial charge >= 0.3 is 11.9 Å². The minimum atomic E-state index is -4.07. The number of ether oxygens (including phenoxy) is 1. The van der Waals surface area contributed by atoms with E-state index in [1.165, 1.54) is 10.4 Å². The van der Waals surface area contributed by atoms with Crippen LogP contribution in [0.5, 0.6) is 0 Å². The summed E-state index contributed by atoms with van der Waals surface area (Å²) in [6.45, 7) is -0.963. The van der Waals surface area contributed by atoms with Crippen molar-refractivity contribution in [2.24, 2.45) is 0 Å². The Kier molecular flexibility index (Phi) is 8.44. The van der Waals surface area contributed by atoms with Gasteiger partial charge in [-0.25, -0.2) is 18.0 Å². The first-order valence-corrected chi connectivity index (χ1v) is 12.3. The fourth-order valence-corrected chi connectivity index (χ4v) is 5.45. The van der Waals surface area contributed by atoms with Crippen molar-refractivity contribution in [2.45, 2.75) is 24.0 Å². The highest BCUT2D eigenvalue weighted by molar-refractivity contribution is 7.89. The van der Waals surface area contributed by atoms with E-state index in [0.29, 0.717) is 5.39 Å². The molecule has 0 heterocycles. The molecule has 3 aromatic carbocycles. The van der Waals surface area contributed by atoms with Crippen molar-refractivity contribution < 1.29 is 33.0 Å². The third-order valence-corrected chi connectivity index (χ3v) is 7.39. The number of benzene rings is 3. The van der Waals surface area contributed by atoms with Crippen LogP contribution in [0.15, 0.2) is 71.6 Å². The van der Waals surface area contributed by atoms with Crippen LogP contribution >= 0.6 is 0 Å². The summed E-state index contributed by atoms with van der Waals surface area (Å²) < 4.78 is 34.0. The summed E-state index contributed by atoms with van der Waals surface area (Å²) in [6, 6.07) is 19.5. The topological polar surface area (TPSA) is 124 Å². The van der Waals surface area contributed by atoms with Crippen LogP contribution in [-0.2, 0) is 30.9 Å². The van der Waals surface area contributed by atoms with Crippen molar-refractivity contribution in [1.82, 2.24) is 4.31 Å². The standard InChI is InChI=1S/C25H28N2O7S/c1-26(2)21-12-6-11-20-19(21)10-7-13-23(20)35(32,33)27(16-18-8-4-3-5-9-18)15-14-22(25(30)31)34-17-24(28)29/h3-13,22H,14-17H2,1-2H3,(H,28,29)(H,30,31). The first-order chi connectivity index (χ1) is 16.6. The number of carboxylic acid groups (broad SMARTS) is 2. The molecule has 0 aliphatic carbocycles. The van der Waals surface area contributed by atoms with E-state index in [4.69, 9.17) is 9.84 Å². The molecule has 0 aromatic heterocycles. The lowest BCUT2D eigenvalue weighted by molar-refractivity contribution is -0.156. The van der Waals surface area contributed by atoms with E-state index in [-0.39, 0.29) is 24.4 Å². The maximum atomic E-state index is 13.9. The van der Waals surface area contributed by atoms with Gasteiger partial charge in [-0.15, -0.1) is 0 Å². The van der Waals surface area contributed by atoms with Crippen molar-refractivity contribution in [2.75, 3.05) is 32.1 Å². The fraction of sp³-hybridized carbons (Fsp3) is 0.280. The zero-order valence-corrected chi connectivity index (χ0v) is 20.3. The monoisotopic (exact) mass is 500 g/mol. The van der Waals surface area contributed by atoms with Crippen molar-refractivity contribution >= 4 is 38.4 Å². The maximum Gasteiger partial charge on any atom is 0.332 e. The average molecular weight is 501 g/mol. The van der Waals surface area contributed by atoms with E-state index >= 15 is 0 Å². The van der Waals surface area contributed by atoms with E-state index in [0.717, 1.165) is 16.6 Å². The number of fused-ring (bicyclic) bond motifs is 1. The second kappa shape index (κ2) is 11.3. The van der Waals surface area contributed by atoms with Gasteiger partial charge in [0, 0.05) is 43.6 Å². The van der Waals surface area contributed by atoms with Gasteiger partial charge in [-0.2, -0.15) is 4.31 Å². The predicted molar refractivity (Wildman–Crippen MR) is 132 cm³/mol. The Hall–Kier alpha value is -3.47. The van der Waals surface area contributed by atoms with Crippen LogP contribution in [0.3, 0.4) is 0 Å². The largest absolute Gasteiger partial charge is 0.480 e. The first-order valence-electron chi connectivity index (χ1n) is 10.9. The van der Waals surface area contributed by atoms with Crippen molar-refractivity contribution in [3.05, 3.63) is 72.3 Å². The second-order valence-electron chi connectivity index (χ2n) is 8.17. The van der Waals surface area contributed by atoms with Gasteiger partial charge in [0.05, 0.1) is 4.90 Å². The van der Waals surface area contributed by atoms with Crippen LogP contribution in [-0.4, -0.2) is 68.2 Å². The van der Waals surface area contributed by atoms with Gasteiger partial charge in [-0.1, -0.05) is 54.6 Å². The summed E-state index contributed by atoms with van der Waals surface area (Å²) >= 11 is 0. The van der Waals surface area contributed by atoms with E-state index in [9.17, 15) is 23.1 Å². The van der Waals surface area contributed by atoms with Gasteiger partial charge in [0.1, 0.15) is 6.61 Å². The number of rotatable bonds is 12. The third-order valence-electron chi connectivity index (χ3n) is 5.48. The molecule has 1 atom stereocenters. The summed E-state index contributed by atoms with van der Waals surface area (Å²) in [5.74, 6) is -2.67. The van der Waals surface area contributed by atoms with Crippen LogP contribution in [0.1, 0.15) is 12.0 Å². The SMILES string of the molecule is CN(C)c1cccc2c(S(=O)(=O)N(CCC(OCC(=O)O)C(=O)O)Cc3ccccc3)cccc12. The minimum absolute atomic E-state index is 0.0121. The van der Waals surface area contributed by atoms with E-state index in [2.05, 4.69) is 0 Å². The Balaban J connectivity index is 2.01. The van der Waals surface area contributed by atoms with E-state index in [1.54, 1.807) is 42.5 Å². The molecular weight excluding hydrogens is 472 g/mol. The molecule has 35 heavy (non-hydrogen) atoms. The van der Waals surface area contributed by atoms with E-state index in [1.807, 2.05) is 37.2 Å². The average Bonchev–Trinajstić information content (AvgIpc) is 2.82. The van der Waals surface area contributed by atoms with Gasteiger partial charge < -0.3 is 19.8 Å². The van der Waals surface area contributed by atoms with Crippen LogP contribution < -0.4 is 4.90 Å². The molecule has 3 aromatic rings. The summed E-state index contributed by atoms with van der Waals surface area (Å²) in [5, 5.41) is 19.6. The molecule has 9 nitrogen and oxygen atoms in total. The number of aliphatic carboxylic acids is 2. The molecule has 0 saturated heterocycles. The molecule has 0 amide bonds. The van der Waals surface area contributed by atoms with Crippen LogP contribution in [0.2, 0.25) is 0 Å². The van der Waals surface area contributed by atoms with Crippen molar-refractivity contribution in [3.63, 3.8) is 0 Å². The summed E-state index contributed by atoms with van der Waals surface area (Å²) in [7, 11) is -0.319. The zero-order chi connectivity index (χ0) is 25.6. The number of hydrogen-bond acceptors (Lipinski definition) is 6. The maximum absolute atomic E-state index is 13.9. The van der Waals surface area contributed by atoms with Gasteiger partial charge in [0.2, 0.25) is 10.0 Å². The fourth-order valence-electron chi connectivity index (χ4n) is 3.80. The number of hydrogen-bond donors (Lipinski definition) is 2. The number of sulfonamides is 1. The lowest BCUT2D eigenvalue weighted by atomic mass is 10.1. The predicted octanol–water partition coefficient (Wildman–Crippen LogP) is 3.04. The van der Waals surface area contributed by atoms with Crippen LogP contribution in [0.25, 0.3) is 10.8 Å². The normalized spacial score (nSPS) is 12.5. The molecule has 0 aliphatic heterocycles. The highest BCUT2D eigenvalue weighted by Crippen LogP contribution is 2.32. The molecule has 10 heteroatoms. The van der Waals surface area contributed by atoms with Crippen LogP contribution in [0.4, 0.5) is 5.69 Å². The molecule has 0 aliphatic rings. The van der Waals surface area contributed by atoms with Crippen molar-refractivity contribution in [3.8, 4) is 0 Å². The van der Waals surface area contributed by atoms with E-state index < -0.39 is 34.7 Å². The highest BCUT2D eigenvalue weighted by Gasteiger charge is 2.29.